The summed E-state index contributed by atoms with van der Waals surface area (Å²) in [6.45, 7) is 1.40. The Morgan fingerprint density at radius 3 is 2.63 bits per heavy atom. The lowest BCUT2D eigenvalue weighted by Crippen LogP contribution is -2.26. The van der Waals surface area contributed by atoms with Crippen LogP contribution in [0.5, 0.6) is 0 Å². The van der Waals surface area contributed by atoms with E-state index in [1.165, 1.54) is 6.92 Å². The van der Waals surface area contributed by atoms with E-state index in [1.54, 1.807) is 42.5 Å². The van der Waals surface area contributed by atoms with E-state index in [2.05, 4.69) is 20.4 Å². The second kappa shape index (κ2) is 7.56. The van der Waals surface area contributed by atoms with E-state index in [4.69, 9.17) is 17.4 Å². The number of benzene rings is 2. The van der Waals surface area contributed by atoms with Crippen molar-refractivity contribution in [3.8, 4) is 0 Å². The van der Waals surface area contributed by atoms with Crippen molar-refractivity contribution in [2.45, 2.75) is 13.0 Å². The predicted molar refractivity (Wildman–Crippen MR) is 104 cm³/mol. The van der Waals surface area contributed by atoms with E-state index in [0.29, 0.717) is 27.3 Å². The van der Waals surface area contributed by atoms with Gasteiger partial charge in [-0.15, -0.1) is 0 Å². The molecule has 3 rings (SSSR count). The second-order valence-electron chi connectivity index (χ2n) is 5.80. The molecule has 0 saturated heterocycles. The van der Waals surface area contributed by atoms with Gasteiger partial charge in [0.05, 0.1) is 11.0 Å². The van der Waals surface area contributed by atoms with Crippen molar-refractivity contribution in [3.05, 3.63) is 69.1 Å². The van der Waals surface area contributed by atoms with E-state index in [9.17, 15) is 14.7 Å². The summed E-state index contributed by atoms with van der Waals surface area (Å²) in [4.78, 5) is 30.4. The van der Waals surface area contributed by atoms with E-state index in [0.717, 1.165) is 0 Å². The molecule has 0 aliphatic carbocycles. The molecule has 1 amide bonds. The van der Waals surface area contributed by atoms with Crippen LogP contribution >= 0.6 is 11.6 Å². The molecule has 0 saturated carbocycles. The van der Waals surface area contributed by atoms with Gasteiger partial charge < -0.3 is 21.2 Å². The number of aliphatic hydroxyl groups is 1. The van der Waals surface area contributed by atoms with Crippen LogP contribution in [-0.4, -0.2) is 26.7 Å². The third-order valence-corrected chi connectivity index (χ3v) is 4.08. The number of rotatable bonds is 4. The first-order valence-corrected chi connectivity index (χ1v) is 8.30. The first-order chi connectivity index (χ1) is 12.9. The maximum absolute atomic E-state index is 12.4. The highest BCUT2D eigenvalue weighted by atomic mass is 35.5. The molecule has 1 aromatic heterocycles. The Balaban J connectivity index is 1.98. The molecule has 9 heteroatoms. The summed E-state index contributed by atoms with van der Waals surface area (Å²) >= 11 is 5.92. The highest BCUT2D eigenvalue weighted by molar-refractivity contribution is 6.31. The van der Waals surface area contributed by atoms with Crippen molar-refractivity contribution >= 4 is 39.9 Å². The Labute approximate surface area is 158 Å². The van der Waals surface area contributed by atoms with Gasteiger partial charge in [0.1, 0.15) is 11.8 Å². The van der Waals surface area contributed by atoms with E-state index in [-0.39, 0.29) is 17.3 Å². The third-order valence-electron chi connectivity index (χ3n) is 3.84. The fraction of sp³-hybridized carbons (Fsp3) is 0.111. The molecule has 2 aromatic carbocycles. The molecule has 0 fully saturated rings. The van der Waals surface area contributed by atoms with Crippen molar-refractivity contribution in [3.63, 3.8) is 0 Å². The van der Waals surface area contributed by atoms with Crippen molar-refractivity contribution in [1.29, 1.82) is 0 Å². The summed E-state index contributed by atoms with van der Waals surface area (Å²) in [5.41, 5.74) is 1.22. The van der Waals surface area contributed by atoms with Gasteiger partial charge in [-0.3, -0.25) is 9.59 Å². The van der Waals surface area contributed by atoms with Crippen LogP contribution in [0.4, 0.5) is 5.69 Å². The zero-order chi connectivity index (χ0) is 19.6. The van der Waals surface area contributed by atoms with Gasteiger partial charge >= 0.3 is 0 Å². The molecule has 0 aliphatic heterocycles. The van der Waals surface area contributed by atoms with Crippen LogP contribution in [0.25, 0.3) is 11.0 Å². The average Bonchev–Trinajstić information content (AvgIpc) is 2.62. The van der Waals surface area contributed by atoms with Crippen molar-refractivity contribution < 1.29 is 9.90 Å². The molecule has 5 N–H and O–H groups in total. The maximum atomic E-state index is 12.4. The minimum atomic E-state index is -1.28. The highest BCUT2D eigenvalue weighted by Crippen LogP contribution is 2.21. The summed E-state index contributed by atoms with van der Waals surface area (Å²) in [5, 5.41) is 17.3. The summed E-state index contributed by atoms with van der Waals surface area (Å²) in [5.74, 6) is 5.22. The molecule has 1 atom stereocenters. The van der Waals surface area contributed by atoms with E-state index in [1.807, 2.05) is 0 Å². The summed E-state index contributed by atoms with van der Waals surface area (Å²) in [6, 6.07) is 11.3. The SMILES string of the molecule is CC(=O)Nc1ccc([C@H](O)/C(=N/N)c2nc3ccc(Cl)cc3[nH]c2=O)cc1. The average molecular weight is 386 g/mol. The zero-order valence-corrected chi connectivity index (χ0v) is 15.0. The standard InChI is InChI=1S/C18H16ClN5O3/c1-9(25)21-12-5-2-10(3-6-12)17(26)15(24-20)16-18(27)23-14-8-11(19)4-7-13(14)22-16/h2-8,17,26H,20H2,1H3,(H,21,25)(H,23,27)/b24-15+/t17-/m0/s1. The Kier molecular flexibility index (Phi) is 5.20. The smallest absolute Gasteiger partial charge is 0.276 e. The van der Waals surface area contributed by atoms with Crippen molar-refractivity contribution in [2.24, 2.45) is 10.9 Å². The number of hydrogen-bond acceptors (Lipinski definition) is 6. The molecule has 0 unspecified atom stereocenters. The fourth-order valence-electron chi connectivity index (χ4n) is 2.60. The van der Waals surface area contributed by atoms with E-state index < -0.39 is 11.7 Å². The van der Waals surface area contributed by atoms with Crippen LogP contribution in [0.2, 0.25) is 5.02 Å². The topological polar surface area (TPSA) is 133 Å². The molecule has 27 heavy (non-hydrogen) atoms. The molecule has 0 bridgehead atoms. The quantitative estimate of drug-likeness (QED) is 0.309. The number of carbonyl (C=O) groups is 1. The summed E-state index contributed by atoms with van der Waals surface area (Å²) in [6.07, 6.45) is -1.28. The van der Waals surface area contributed by atoms with Crippen LogP contribution < -0.4 is 16.7 Å². The lowest BCUT2D eigenvalue weighted by Gasteiger charge is -2.14. The number of anilines is 1. The number of aliphatic hydroxyl groups excluding tert-OH is 1. The highest BCUT2D eigenvalue weighted by Gasteiger charge is 2.22. The lowest BCUT2D eigenvalue weighted by molar-refractivity contribution is -0.114. The Morgan fingerprint density at radius 2 is 2.00 bits per heavy atom. The normalized spacial score (nSPS) is 12.8. The number of hydrogen-bond donors (Lipinski definition) is 4. The summed E-state index contributed by atoms with van der Waals surface area (Å²) in [7, 11) is 0. The molecular weight excluding hydrogens is 370 g/mol. The second-order valence-corrected chi connectivity index (χ2v) is 6.23. The Hall–Kier alpha value is -3.23. The van der Waals surface area contributed by atoms with Gasteiger partial charge in [-0.1, -0.05) is 23.7 Å². The minimum absolute atomic E-state index is 0.0830. The number of aromatic nitrogens is 2. The maximum Gasteiger partial charge on any atom is 0.276 e. The largest absolute Gasteiger partial charge is 0.382 e. The van der Waals surface area contributed by atoms with Gasteiger partial charge in [0.25, 0.3) is 5.56 Å². The zero-order valence-electron chi connectivity index (χ0n) is 14.2. The first kappa shape index (κ1) is 18.6. The Morgan fingerprint density at radius 1 is 1.30 bits per heavy atom. The van der Waals surface area contributed by atoms with Gasteiger partial charge in [-0.25, -0.2) is 4.98 Å². The molecule has 3 aromatic rings. The fourth-order valence-corrected chi connectivity index (χ4v) is 2.78. The van der Waals surface area contributed by atoms with Gasteiger partial charge in [0.15, 0.2) is 5.69 Å². The van der Waals surface area contributed by atoms with Crippen LogP contribution in [0, 0.1) is 0 Å². The minimum Gasteiger partial charge on any atom is -0.382 e. The lowest BCUT2D eigenvalue weighted by atomic mass is 10.0. The van der Waals surface area contributed by atoms with Gasteiger partial charge in [0, 0.05) is 17.6 Å². The number of halogens is 1. The first-order valence-electron chi connectivity index (χ1n) is 7.92. The van der Waals surface area contributed by atoms with Gasteiger partial charge in [-0.05, 0) is 35.9 Å². The van der Waals surface area contributed by atoms with Crippen molar-refractivity contribution in [2.75, 3.05) is 5.32 Å². The Bertz CT molecular complexity index is 1090. The van der Waals surface area contributed by atoms with Gasteiger partial charge in [0.2, 0.25) is 5.91 Å². The van der Waals surface area contributed by atoms with Crippen LogP contribution in [-0.2, 0) is 4.79 Å². The number of hydrazone groups is 1. The number of nitrogens with one attached hydrogen (secondary N) is 2. The molecule has 1 heterocycles. The van der Waals surface area contributed by atoms with E-state index >= 15 is 0 Å². The molecule has 0 aliphatic rings. The number of nitrogens with zero attached hydrogens (tertiary/aromatic N) is 2. The van der Waals surface area contributed by atoms with Crippen LogP contribution in [0.3, 0.4) is 0 Å². The van der Waals surface area contributed by atoms with Gasteiger partial charge in [-0.2, -0.15) is 5.10 Å². The number of fused-ring (bicyclic) bond motifs is 1. The van der Waals surface area contributed by atoms with Crippen LogP contribution in [0.15, 0.2) is 52.4 Å². The molecular formula is C18H16ClN5O3. The molecule has 0 radical (unpaired) electrons. The monoisotopic (exact) mass is 385 g/mol. The molecule has 8 nitrogen and oxygen atoms in total. The van der Waals surface area contributed by atoms with Crippen molar-refractivity contribution in [1.82, 2.24) is 9.97 Å². The summed E-state index contributed by atoms with van der Waals surface area (Å²) < 4.78 is 0. The molecule has 0 spiro atoms. The van der Waals surface area contributed by atoms with Crippen LogP contribution in [0.1, 0.15) is 24.3 Å². The number of nitrogens with two attached hydrogens (primary N) is 1. The number of carbonyl (C=O) groups excluding carboxylic acids is 1. The third kappa shape index (κ3) is 3.97. The number of amides is 1. The number of aromatic amines is 1. The predicted octanol–water partition coefficient (Wildman–Crippen LogP) is 1.93. The number of H-pyrrole nitrogens is 1. The molecule has 138 valence electrons.